The Morgan fingerprint density at radius 3 is 2.80 bits per heavy atom. The first-order chi connectivity index (χ1) is 7.00. The van der Waals surface area contributed by atoms with Gasteiger partial charge in [-0.1, -0.05) is 13.8 Å². The van der Waals surface area contributed by atoms with Crippen LogP contribution in [0.4, 0.5) is 0 Å². The molecule has 1 aliphatic carbocycles. The molecule has 4 nitrogen and oxygen atoms in total. The van der Waals surface area contributed by atoms with Gasteiger partial charge in [0, 0.05) is 6.04 Å². The van der Waals surface area contributed by atoms with Crippen LogP contribution in [0.3, 0.4) is 0 Å². The second kappa shape index (κ2) is 2.77. The van der Waals surface area contributed by atoms with E-state index in [1.165, 1.54) is 0 Å². The molecule has 3 unspecified atom stereocenters. The lowest BCUT2D eigenvalue weighted by Gasteiger charge is -2.65. The minimum atomic E-state index is -0.322. The molecule has 4 rings (SSSR count). The molecular weight excluding hydrogens is 191 g/mol. The van der Waals surface area contributed by atoms with Gasteiger partial charge in [-0.2, -0.15) is 0 Å². The standard InChI is InChI=1S/C10H19BN2O2/c1-9(2)6-5-7-10(12-4,8(9)13-6)15-11(3)14-7/h6-8,12-13H,5H2,1-4H3/t6-,7?,8?,10?/m1/s1. The van der Waals surface area contributed by atoms with Crippen LogP contribution in [0.2, 0.25) is 6.82 Å². The fourth-order valence-electron chi connectivity index (χ4n) is 3.56. The van der Waals surface area contributed by atoms with E-state index >= 15 is 0 Å². The third-order valence-electron chi connectivity index (χ3n) is 4.47. The maximum atomic E-state index is 5.99. The van der Waals surface area contributed by atoms with Crippen LogP contribution < -0.4 is 10.6 Å². The normalized spacial score (nSPS) is 51.2. The van der Waals surface area contributed by atoms with E-state index in [4.69, 9.17) is 9.31 Å². The molecule has 4 aliphatic rings. The molecule has 1 saturated carbocycles. The van der Waals surface area contributed by atoms with Crippen molar-refractivity contribution >= 4 is 7.12 Å². The van der Waals surface area contributed by atoms with Gasteiger partial charge < -0.3 is 14.6 Å². The van der Waals surface area contributed by atoms with E-state index in [0.717, 1.165) is 6.42 Å². The van der Waals surface area contributed by atoms with E-state index in [9.17, 15) is 0 Å². The molecule has 4 atom stereocenters. The van der Waals surface area contributed by atoms with Gasteiger partial charge in [-0.15, -0.1) is 0 Å². The zero-order chi connectivity index (χ0) is 10.8. The Balaban J connectivity index is 1.96. The minimum Gasteiger partial charge on any atom is -0.404 e. The smallest absolute Gasteiger partial charge is 0.404 e. The third kappa shape index (κ3) is 1.02. The first kappa shape index (κ1) is 10.1. The van der Waals surface area contributed by atoms with E-state index in [1.807, 2.05) is 13.9 Å². The SMILES string of the molecule is CNC12OB(C)OC1C[C@H]1NC2C1(C)C. The molecule has 84 valence electrons. The highest BCUT2D eigenvalue weighted by Gasteiger charge is 2.69. The summed E-state index contributed by atoms with van der Waals surface area (Å²) in [5.74, 6) is 0. The first-order valence-electron chi connectivity index (χ1n) is 5.79. The highest BCUT2D eigenvalue weighted by Crippen LogP contribution is 2.52. The number of hydrogen-bond donors (Lipinski definition) is 2. The molecule has 4 fully saturated rings. The molecule has 3 saturated heterocycles. The number of hydrogen-bond acceptors (Lipinski definition) is 4. The van der Waals surface area contributed by atoms with Crippen LogP contribution in [0.1, 0.15) is 20.3 Å². The van der Waals surface area contributed by atoms with Gasteiger partial charge in [0.15, 0.2) is 0 Å². The highest BCUT2D eigenvalue weighted by atomic mass is 16.7. The largest absolute Gasteiger partial charge is 0.455 e. The van der Waals surface area contributed by atoms with Crippen molar-refractivity contribution in [3.8, 4) is 0 Å². The van der Waals surface area contributed by atoms with Gasteiger partial charge in [-0.3, -0.25) is 5.32 Å². The zero-order valence-electron chi connectivity index (χ0n) is 9.83. The molecule has 0 spiro atoms. The van der Waals surface area contributed by atoms with Crippen molar-refractivity contribution in [1.29, 1.82) is 0 Å². The third-order valence-corrected chi connectivity index (χ3v) is 4.47. The molecule has 0 amide bonds. The average molecular weight is 210 g/mol. The molecular formula is C10H19BN2O2. The van der Waals surface area contributed by atoms with E-state index in [1.54, 1.807) is 0 Å². The fraction of sp³-hybridized carbons (Fsp3) is 1.00. The summed E-state index contributed by atoms with van der Waals surface area (Å²) in [5, 5.41) is 6.93. The van der Waals surface area contributed by atoms with Crippen LogP contribution in [0.25, 0.3) is 0 Å². The summed E-state index contributed by atoms with van der Waals surface area (Å²) in [6.07, 6.45) is 1.23. The lowest BCUT2D eigenvalue weighted by molar-refractivity contribution is -0.171. The Kier molecular flexibility index (Phi) is 1.86. The number of likely N-dealkylation sites (N-methyl/N-ethyl adjacent to an activating group) is 1. The van der Waals surface area contributed by atoms with Crippen molar-refractivity contribution in [2.75, 3.05) is 7.05 Å². The number of rotatable bonds is 1. The molecule has 0 aromatic carbocycles. The molecule has 0 aromatic heterocycles. The second-order valence-corrected chi connectivity index (χ2v) is 5.56. The molecule has 15 heavy (non-hydrogen) atoms. The molecule has 3 aliphatic heterocycles. The maximum absolute atomic E-state index is 5.99. The monoisotopic (exact) mass is 210 g/mol. The Hall–Kier alpha value is -0.0951. The summed E-state index contributed by atoms with van der Waals surface area (Å²) in [6, 6.07) is 0.923. The van der Waals surface area contributed by atoms with Crippen molar-refractivity contribution in [1.82, 2.24) is 10.6 Å². The quantitative estimate of drug-likeness (QED) is 0.607. The summed E-state index contributed by atoms with van der Waals surface area (Å²) < 4.78 is 11.8. The van der Waals surface area contributed by atoms with Gasteiger partial charge in [-0.25, -0.2) is 0 Å². The average Bonchev–Trinajstić information content (AvgIpc) is 2.53. The first-order valence-corrected chi connectivity index (χ1v) is 5.79. The Bertz CT molecular complexity index is 299. The number of piperidine rings is 1. The summed E-state index contributed by atoms with van der Waals surface area (Å²) in [4.78, 5) is 0. The van der Waals surface area contributed by atoms with E-state index < -0.39 is 0 Å². The van der Waals surface area contributed by atoms with Crippen LogP contribution in [0.15, 0.2) is 0 Å². The van der Waals surface area contributed by atoms with Crippen LogP contribution in [0.5, 0.6) is 0 Å². The molecule has 3 heterocycles. The summed E-state index contributed by atoms with van der Waals surface area (Å²) in [6.45, 7) is 6.59. The Morgan fingerprint density at radius 1 is 1.47 bits per heavy atom. The van der Waals surface area contributed by atoms with Gasteiger partial charge in [0.25, 0.3) is 0 Å². The summed E-state index contributed by atoms with van der Waals surface area (Å²) >= 11 is 0. The molecule has 0 radical (unpaired) electrons. The summed E-state index contributed by atoms with van der Waals surface area (Å²) in [7, 11) is 1.87. The van der Waals surface area contributed by atoms with Crippen molar-refractivity contribution in [2.45, 2.75) is 51.0 Å². The van der Waals surface area contributed by atoms with Crippen molar-refractivity contribution < 1.29 is 9.31 Å². The van der Waals surface area contributed by atoms with Crippen LogP contribution >= 0.6 is 0 Å². The summed E-state index contributed by atoms with van der Waals surface area (Å²) in [5.41, 5.74) is -0.0232. The maximum Gasteiger partial charge on any atom is 0.455 e. The van der Waals surface area contributed by atoms with Crippen molar-refractivity contribution in [3.63, 3.8) is 0 Å². The Labute approximate surface area is 91.2 Å². The van der Waals surface area contributed by atoms with Gasteiger partial charge >= 0.3 is 7.12 Å². The topological polar surface area (TPSA) is 42.5 Å². The second-order valence-electron chi connectivity index (χ2n) is 5.56. The van der Waals surface area contributed by atoms with Gasteiger partial charge in [-0.05, 0) is 25.7 Å². The van der Waals surface area contributed by atoms with Crippen LogP contribution in [-0.4, -0.2) is 38.1 Å². The lowest BCUT2D eigenvalue weighted by Crippen LogP contribution is -2.85. The van der Waals surface area contributed by atoms with E-state index in [2.05, 4.69) is 24.5 Å². The zero-order valence-corrected chi connectivity index (χ0v) is 9.83. The van der Waals surface area contributed by atoms with Crippen molar-refractivity contribution in [3.05, 3.63) is 0 Å². The van der Waals surface area contributed by atoms with Gasteiger partial charge in [0.1, 0.15) is 5.72 Å². The van der Waals surface area contributed by atoms with Crippen LogP contribution in [0, 0.1) is 5.41 Å². The predicted molar refractivity (Wildman–Crippen MR) is 58.5 cm³/mol. The molecule has 5 heteroatoms. The number of nitrogens with one attached hydrogen (secondary N) is 2. The van der Waals surface area contributed by atoms with Crippen LogP contribution in [-0.2, 0) is 9.31 Å². The lowest BCUT2D eigenvalue weighted by atomic mass is 9.58. The van der Waals surface area contributed by atoms with E-state index in [0.29, 0.717) is 17.5 Å². The molecule has 0 aromatic rings. The molecule has 2 N–H and O–H groups in total. The van der Waals surface area contributed by atoms with Crippen molar-refractivity contribution in [2.24, 2.45) is 5.41 Å². The Morgan fingerprint density at radius 2 is 2.20 bits per heavy atom. The minimum absolute atomic E-state index is 0.0978. The van der Waals surface area contributed by atoms with E-state index in [-0.39, 0.29) is 18.9 Å². The fourth-order valence-corrected chi connectivity index (χ4v) is 3.56. The predicted octanol–water partition coefficient (Wildman–Crippen LogP) is 0.206. The highest BCUT2D eigenvalue weighted by molar-refractivity contribution is 6.43. The van der Waals surface area contributed by atoms with Gasteiger partial charge in [0.2, 0.25) is 0 Å². The molecule has 2 bridgehead atoms. The van der Waals surface area contributed by atoms with Gasteiger partial charge in [0.05, 0.1) is 12.1 Å².